The lowest BCUT2D eigenvalue weighted by Gasteiger charge is -2.20. The first-order valence-electron chi connectivity index (χ1n) is 7.55. The first-order chi connectivity index (χ1) is 11.5. The normalized spacial score (nSPS) is 12.0. The molecule has 2 N–H and O–H groups in total. The van der Waals surface area contributed by atoms with Crippen LogP contribution in [0.4, 0.5) is 5.82 Å². The number of nitrogens with zero attached hydrogens (tertiary/aromatic N) is 1. The van der Waals surface area contributed by atoms with E-state index in [1.807, 2.05) is 13.0 Å². The number of aryl methyl sites for hydroxylation is 1. The van der Waals surface area contributed by atoms with Gasteiger partial charge in [-0.15, -0.1) is 0 Å². The molecule has 0 spiro atoms. The van der Waals surface area contributed by atoms with E-state index in [1.165, 1.54) is 18.2 Å². The van der Waals surface area contributed by atoms with Crippen LogP contribution in [0.5, 0.6) is 0 Å². The maximum atomic E-state index is 12.5. The van der Waals surface area contributed by atoms with Crippen LogP contribution in [0.2, 0.25) is 0 Å². The molecule has 0 unspecified atom stereocenters. The number of anilines is 1. The third-order valence-electron chi connectivity index (χ3n) is 3.09. The quantitative estimate of drug-likeness (QED) is 0.784. The molecule has 0 aliphatic rings. The molecule has 2 rings (SSSR count). The van der Waals surface area contributed by atoms with Crippen LogP contribution in [0.3, 0.4) is 0 Å². The number of rotatable bonds is 4. The predicted molar refractivity (Wildman–Crippen MR) is 101 cm³/mol. The van der Waals surface area contributed by atoms with Gasteiger partial charge in [-0.05, 0) is 73.5 Å². The van der Waals surface area contributed by atoms with Crippen LogP contribution in [0, 0.1) is 6.92 Å². The van der Waals surface area contributed by atoms with Crippen LogP contribution >= 0.6 is 15.9 Å². The van der Waals surface area contributed by atoms with E-state index < -0.39 is 21.5 Å². The maximum Gasteiger partial charge on any atom is 0.258 e. The Bertz CT molecular complexity index is 888. The average molecular weight is 426 g/mol. The van der Waals surface area contributed by atoms with Gasteiger partial charge in [-0.3, -0.25) is 4.79 Å². The van der Waals surface area contributed by atoms with Gasteiger partial charge in [0.2, 0.25) is 10.0 Å². The molecule has 0 bridgehead atoms. The fraction of sp³-hybridized carbons (Fsp3) is 0.294. The summed E-state index contributed by atoms with van der Waals surface area (Å²) in [5.74, 6) is -0.0559. The standard InChI is InChI=1S/C17H20BrN3O3S/c1-11-5-8-15(19-10-11)20-16(22)13-9-12(6-7-14(13)18)25(23,24)21-17(2,3)4/h5-10,21H,1-4H3,(H,19,20,22). The molecule has 8 heteroatoms. The number of hydrogen-bond donors (Lipinski definition) is 2. The van der Waals surface area contributed by atoms with E-state index >= 15 is 0 Å². The number of halogens is 1. The van der Waals surface area contributed by atoms with Gasteiger partial charge in [0.25, 0.3) is 5.91 Å². The molecule has 1 aromatic heterocycles. The first-order valence-corrected chi connectivity index (χ1v) is 9.83. The summed E-state index contributed by atoms with van der Waals surface area (Å²) in [5.41, 5.74) is 0.555. The van der Waals surface area contributed by atoms with Gasteiger partial charge >= 0.3 is 0 Å². The summed E-state index contributed by atoms with van der Waals surface area (Å²) in [7, 11) is -3.74. The number of amides is 1. The molecular weight excluding hydrogens is 406 g/mol. The van der Waals surface area contributed by atoms with E-state index in [2.05, 4.69) is 31.0 Å². The van der Waals surface area contributed by atoms with E-state index in [-0.39, 0.29) is 10.5 Å². The highest BCUT2D eigenvalue weighted by Gasteiger charge is 2.23. The van der Waals surface area contributed by atoms with E-state index in [0.717, 1.165) is 5.56 Å². The van der Waals surface area contributed by atoms with Crippen molar-refractivity contribution >= 4 is 37.7 Å². The van der Waals surface area contributed by atoms with Crippen molar-refractivity contribution in [2.75, 3.05) is 5.32 Å². The Morgan fingerprint density at radius 2 is 1.84 bits per heavy atom. The summed E-state index contributed by atoms with van der Waals surface area (Å²) in [6.07, 6.45) is 1.64. The summed E-state index contributed by atoms with van der Waals surface area (Å²) in [5, 5.41) is 2.66. The van der Waals surface area contributed by atoms with E-state index in [9.17, 15) is 13.2 Å². The summed E-state index contributed by atoms with van der Waals surface area (Å²) in [6.45, 7) is 7.14. The molecule has 25 heavy (non-hydrogen) atoms. The van der Waals surface area contributed by atoms with E-state index in [0.29, 0.717) is 10.3 Å². The molecule has 1 amide bonds. The number of pyridine rings is 1. The number of aromatic nitrogens is 1. The van der Waals surface area contributed by atoms with Crippen LogP contribution in [-0.2, 0) is 10.0 Å². The van der Waals surface area contributed by atoms with Crippen molar-refractivity contribution in [2.24, 2.45) is 0 Å². The van der Waals surface area contributed by atoms with Crippen LogP contribution in [0.1, 0.15) is 36.7 Å². The lowest BCUT2D eigenvalue weighted by molar-refractivity contribution is 0.102. The van der Waals surface area contributed by atoms with E-state index in [4.69, 9.17) is 0 Å². The van der Waals surface area contributed by atoms with Gasteiger partial charge in [0.15, 0.2) is 0 Å². The minimum atomic E-state index is -3.74. The van der Waals surface area contributed by atoms with Crippen molar-refractivity contribution in [1.29, 1.82) is 0 Å². The fourth-order valence-electron chi connectivity index (χ4n) is 2.03. The Labute approximate surface area is 156 Å². The predicted octanol–water partition coefficient (Wildman–Crippen LogP) is 3.48. The third-order valence-corrected chi connectivity index (χ3v) is 5.53. The van der Waals surface area contributed by atoms with Gasteiger partial charge in [0, 0.05) is 16.2 Å². The Kier molecular flexibility index (Phi) is 5.65. The minimum absolute atomic E-state index is 0.0210. The van der Waals surface area contributed by atoms with Gasteiger partial charge in [-0.1, -0.05) is 6.07 Å². The smallest absolute Gasteiger partial charge is 0.258 e. The number of benzene rings is 1. The van der Waals surface area contributed by atoms with Crippen LogP contribution < -0.4 is 10.0 Å². The monoisotopic (exact) mass is 425 g/mol. The number of carbonyl (C=O) groups excluding carboxylic acids is 1. The van der Waals surface area contributed by atoms with Crippen LogP contribution in [-0.4, -0.2) is 24.8 Å². The SMILES string of the molecule is Cc1ccc(NC(=O)c2cc(S(=O)(=O)NC(C)(C)C)ccc2Br)nc1. The number of sulfonamides is 1. The molecule has 2 aromatic rings. The second kappa shape index (κ2) is 7.23. The summed E-state index contributed by atoms with van der Waals surface area (Å²) in [6, 6.07) is 7.82. The minimum Gasteiger partial charge on any atom is -0.307 e. The second-order valence-electron chi connectivity index (χ2n) is 6.67. The molecule has 0 aliphatic heterocycles. The van der Waals surface area contributed by atoms with Crippen molar-refractivity contribution < 1.29 is 13.2 Å². The fourth-order valence-corrected chi connectivity index (χ4v) is 3.90. The molecule has 1 aromatic carbocycles. The molecular formula is C17H20BrN3O3S. The highest BCUT2D eigenvalue weighted by molar-refractivity contribution is 9.10. The Morgan fingerprint density at radius 1 is 1.16 bits per heavy atom. The second-order valence-corrected chi connectivity index (χ2v) is 9.21. The summed E-state index contributed by atoms with van der Waals surface area (Å²) < 4.78 is 28.0. The highest BCUT2D eigenvalue weighted by atomic mass is 79.9. The van der Waals surface area contributed by atoms with Crippen molar-refractivity contribution in [3.8, 4) is 0 Å². The Morgan fingerprint density at radius 3 is 2.40 bits per heavy atom. The number of carbonyl (C=O) groups is 1. The van der Waals surface area contributed by atoms with Gasteiger partial charge in [-0.25, -0.2) is 18.1 Å². The lowest BCUT2D eigenvalue weighted by atomic mass is 10.1. The summed E-state index contributed by atoms with van der Waals surface area (Å²) in [4.78, 5) is 16.6. The van der Waals surface area contributed by atoms with Gasteiger partial charge in [0.1, 0.15) is 5.82 Å². The van der Waals surface area contributed by atoms with Crippen molar-refractivity contribution in [1.82, 2.24) is 9.71 Å². The molecule has 0 fully saturated rings. The van der Waals surface area contributed by atoms with Crippen molar-refractivity contribution in [3.05, 3.63) is 52.1 Å². The molecule has 1 heterocycles. The topological polar surface area (TPSA) is 88.2 Å². The molecule has 0 aliphatic carbocycles. The zero-order valence-corrected chi connectivity index (χ0v) is 16.8. The van der Waals surface area contributed by atoms with Crippen LogP contribution in [0.15, 0.2) is 45.9 Å². The Balaban J connectivity index is 2.32. The molecule has 0 saturated carbocycles. The molecule has 134 valence electrons. The van der Waals surface area contributed by atoms with Gasteiger partial charge in [0.05, 0.1) is 10.5 Å². The van der Waals surface area contributed by atoms with Crippen molar-refractivity contribution in [3.63, 3.8) is 0 Å². The zero-order valence-electron chi connectivity index (χ0n) is 14.4. The summed E-state index contributed by atoms with van der Waals surface area (Å²) >= 11 is 3.29. The van der Waals surface area contributed by atoms with Crippen molar-refractivity contribution in [2.45, 2.75) is 38.1 Å². The maximum absolute atomic E-state index is 12.5. The van der Waals surface area contributed by atoms with E-state index in [1.54, 1.807) is 33.0 Å². The largest absolute Gasteiger partial charge is 0.307 e. The molecule has 0 radical (unpaired) electrons. The number of nitrogens with one attached hydrogen (secondary N) is 2. The highest BCUT2D eigenvalue weighted by Crippen LogP contribution is 2.23. The molecule has 0 atom stereocenters. The average Bonchev–Trinajstić information content (AvgIpc) is 2.47. The molecule has 0 saturated heterocycles. The number of hydrogen-bond acceptors (Lipinski definition) is 4. The van der Waals surface area contributed by atoms with Crippen LogP contribution in [0.25, 0.3) is 0 Å². The van der Waals surface area contributed by atoms with Gasteiger partial charge in [-0.2, -0.15) is 0 Å². The zero-order chi connectivity index (χ0) is 18.8. The third kappa shape index (κ3) is 5.35. The molecule has 6 nitrogen and oxygen atoms in total. The first kappa shape index (κ1) is 19.6. The Hall–Kier alpha value is -1.77. The lowest BCUT2D eigenvalue weighted by Crippen LogP contribution is -2.40. The van der Waals surface area contributed by atoms with Gasteiger partial charge < -0.3 is 5.32 Å².